The Morgan fingerprint density at radius 1 is 1.08 bits per heavy atom. The van der Waals surface area contributed by atoms with Crippen LogP contribution in [0.1, 0.15) is 33.6 Å². The van der Waals surface area contributed by atoms with Gasteiger partial charge < -0.3 is 10.1 Å². The predicted molar refractivity (Wildman–Crippen MR) is 145 cm³/mol. The number of morpholine rings is 1. The van der Waals surface area contributed by atoms with Crippen molar-refractivity contribution < 1.29 is 18.1 Å². The van der Waals surface area contributed by atoms with Crippen molar-refractivity contribution in [1.82, 2.24) is 18.9 Å². The molecule has 37 heavy (non-hydrogen) atoms. The highest BCUT2D eigenvalue weighted by Gasteiger charge is 2.26. The van der Waals surface area contributed by atoms with Crippen LogP contribution in [0.15, 0.2) is 42.5 Å². The third kappa shape index (κ3) is 4.96. The van der Waals surface area contributed by atoms with Crippen molar-refractivity contribution in [3.63, 3.8) is 0 Å². The van der Waals surface area contributed by atoms with Gasteiger partial charge in [-0.25, -0.2) is 22.2 Å². The summed E-state index contributed by atoms with van der Waals surface area (Å²) in [6, 6.07) is 10.3. The van der Waals surface area contributed by atoms with Crippen LogP contribution in [0.5, 0.6) is 0 Å². The molecule has 5 rings (SSSR count). The van der Waals surface area contributed by atoms with Gasteiger partial charge in [0.05, 0.1) is 18.7 Å². The maximum absolute atomic E-state index is 15.0. The monoisotopic (exact) mass is 522 g/mol. The topological polar surface area (TPSA) is 74.8 Å². The van der Waals surface area contributed by atoms with Gasteiger partial charge in [-0.2, -0.15) is 0 Å². The number of nitrogens with zero attached hydrogens (tertiary/aromatic N) is 3. The van der Waals surface area contributed by atoms with Crippen molar-refractivity contribution in [2.45, 2.75) is 20.3 Å². The van der Waals surface area contributed by atoms with E-state index in [2.05, 4.69) is 16.4 Å². The second-order valence-corrected chi connectivity index (χ2v) is 10.8. The number of ether oxygens (including phenoxy) is 1. The smallest absolute Gasteiger partial charge is 0.269 e. The summed E-state index contributed by atoms with van der Waals surface area (Å²) in [5.41, 5.74) is 6.31. The first-order valence-electron chi connectivity index (χ1n) is 12.5. The zero-order chi connectivity index (χ0) is 26.1. The molecule has 1 fully saturated rings. The molecule has 0 bridgehead atoms. The molecule has 0 radical (unpaired) electrons. The average molecular weight is 523 g/mol. The van der Waals surface area contributed by atoms with Crippen molar-refractivity contribution >= 4 is 33.6 Å². The maximum Gasteiger partial charge on any atom is 0.269 e. The van der Waals surface area contributed by atoms with Crippen molar-refractivity contribution in [3.05, 3.63) is 70.7 Å². The van der Waals surface area contributed by atoms with Gasteiger partial charge >= 0.3 is 0 Å². The van der Waals surface area contributed by atoms with Crippen LogP contribution in [0, 0.1) is 19.7 Å². The Morgan fingerprint density at radius 2 is 1.84 bits per heavy atom. The number of aromatic nitrogens is 1. The molecule has 1 aromatic heterocycles. The minimum Gasteiger partial charge on any atom is -0.379 e. The molecule has 0 spiro atoms. The van der Waals surface area contributed by atoms with Crippen LogP contribution in [0.2, 0.25) is 0 Å². The van der Waals surface area contributed by atoms with Crippen LogP contribution in [0.4, 0.5) is 4.39 Å². The van der Waals surface area contributed by atoms with Gasteiger partial charge in [0, 0.05) is 44.2 Å². The molecule has 0 saturated carbocycles. The summed E-state index contributed by atoms with van der Waals surface area (Å²) in [6.45, 7) is 7.91. The standard InChI is InChI=1S/C28H31FN4O3S/c1-18-16-24-27(22(17-25(31-24)28(34)30-3)21-6-4-5-7-23(21)29)19(2)26(18)20-8-10-32(11-9-20)37(35)33-12-14-36-15-13-33/h4-8,16-17H,9-15H2,1-3H3,(H,30,34). The fourth-order valence-corrected chi connectivity index (χ4v) is 6.51. The van der Waals surface area contributed by atoms with Crippen LogP contribution in [0.3, 0.4) is 0 Å². The lowest BCUT2D eigenvalue weighted by molar-refractivity contribution is 0.0732. The van der Waals surface area contributed by atoms with Crippen LogP contribution < -0.4 is 5.32 Å². The fraction of sp³-hybridized carbons (Fsp3) is 0.357. The molecule has 7 nitrogen and oxygen atoms in total. The Hall–Kier alpha value is -2.98. The molecule has 0 aliphatic carbocycles. The van der Waals surface area contributed by atoms with Gasteiger partial charge in [0.25, 0.3) is 5.91 Å². The number of pyridine rings is 1. The van der Waals surface area contributed by atoms with Gasteiger partial charge in [0.2, 0.25) is 0 Å². The van der Waals surface area contributed by atoms with E-state index in [9.17, 15) is 13.4 Å². The number of hydrogen-bond donors (Lipinski definition) is 1. The predicted octanol–water partition coefficient (Wildman–Crippen LogP) is 4.02. The van der Waals surface area contributed by atoms with E-state index in [1.165, 1.54) is 11.6 Å². The molecule has 9 heteroatoms. The number of carbonyl (C=O) groups excluding carboxylic acids is 1. The van der Waals surface area contributed by atoms with Gasteiger partial charge in [-0.05, 0) is 66.3 Å². The molecular weight excluding hydrogens is 491 g/mol. The minimum atomic E-state index is -1.18. The third-order valence-electron chi connectivity index (χ3n) is 7.07. The summed E-state index contributed by atoms with van der Waals surface area (Å²) in [5.74, 6) is -0.667. The van der Waals surface area contributed by atoms with E-state index in [0.717, 1.165) is 28.5 Å². The number of carbonyl (C=O) groups is 1. The summed E-state index contributed by atoms with van der Waals surface area (Å²) in [4.78, 5) is 17.1. The van der Waals surface area contributed by atoms with E-state index in [1.807, 2.05) is 28.5 Å². The van der Waals surface area contributed by atoms with Crippen molar-refractivity contribution in [2.75, 3.05) is 46.4 Å². The van der Waals surface area contributed by atoms with E-state index in [1.54, 1.807) is 31.3 Å². The summed E-state index contributed by atoms with van der Waals surface area (Å²) in [6.07, 6.45) is 2.90. The van der Waals surface area contributed by atoms with Crippen LogP contribution in [-0.2, 0) is 15.9 Å². The zero-order valence-corrected chi connectivity index (χ0v) is 22.2. The summed E-state index contributed by atoms with van der Waals surface area (Å²) in [5, 5.41) is 3.46. The molecule has 2 aliphatic heterocycles. The number of aryl methyl sites for hydroxylation is 2. The Morgan fingerprint density at radius 3 is 2.51 bits per heavy atom. The largest absolute Gasteiger partial charge is 0.379 e. The second-order valence-electron chi connectivity index (χ2n) is 9.34. The highest BCUT2D eigenvalue weighted by molar-refractivity contribution is 7.80. The number of amides is 1. The Kier molecular flexibility index (Phi) is 7.48. The highest BCUT2D eigenvalue weighted by Crippen LogP contribution is 2.38. The number of nitrogens with one attached hydrogen (secondary N) is 1. The Balaban J connectivity index is 1.58. The molecule has 1 amide bonds. The van der Waals surface area contributed by atoms with E-state index in [0.29, 0.717) is 56.0 Å². The lowest BCUT2D eigenvalue weighted by atomic mass is 9.87. The number of halogens is 1. The summed E-state index contributed by atoms with van der Waals surface area (Å²) in [7, 11) is 1.56. The first-order valence-corrected chi connectivity index (χ1v) is 13.6. The van der Waals surface area contributed by atoms with Crippen molar-refractivity contribution in [3.8, 4) is 11.1 Å². The SMILES string of the molecule is CNC(=O)c1cc(-c2ccccc2F)c2c(C)c(C3=CCN(S(=O)N4CCOCC4)CC3)c(C)cc2n1. The molecule has 1 unspecified atom stereocenters. The van der Waals surface area contributed by atoms with Gasteiger partial charge in [-0.15, -0.1) is 0 Å². The zero-order valence-electron chi connectivity index (χ0n) is 21.3. The number of rotatable bonds is 5. The van der Waals surface area contributed by atoms with E-state index in [-0.39, 0.29) is 17.4 Å². The summed E-state index contributed by atoms with van der Waals surface area (Å²) >= 11 is -1.18. The summed E-state index contributed by atoms with van der Waals surface area (Å²) < 4.78 is 37.4. The lowest BCUT2D eigenvalue weighted by Gasteiger charge is -2.33. The van der Waals surface area contributed by atoms with Gasteiger partial charge in [0.15, 0.2) is 11.2 Å². The number of hydrogen-bond acceptors (Lipinski definition) is 4. The molecule has 1 saturated heterocycles. The molecule has 194 valence electrons. The van der Waals surface area contributed by atoms with Crippen molar-refractivity contribution in [1.29, 1.82) is 0 Å². The first-order chi connectivity index (χ1) is 17.9. The highest BCUT2D eigenvalue weighted by atomic mass is 32.2. The molecule has 2 aromatic carbocycles. The normalized spacial score (nSPS) is 18.0. The van der Waals surface area contributed by atoms with Crippen molar-refractivity contribution in [2.24, 2.45) is 0 Å². The number of fused-ring (bicyclic) bond motifs is 1. The van der Waals surface area contributed by atoms with Crippen LogP contribution >= 0.6 is 0 Å². The van der Waals surface area contributed by atoms with Gasteiger partial charge in [-0.1, -0.05) is 24.3 Å². The van der Waals surface area contributed by atoms with Gasteiger partial charge in [-0.3, -0.25) is 4.79 Å². The van der Waals surface area contributed by atoms with E-state index < -0.39 is 11.2 Å². The fourth-order valence-electron chi connectivity index (χ4n) is 5.28. The van der Waals surface area contributed by atoms with E-state index >= 15 is 0 Å². The van der Waals surface area contributed by atoms with E-state index in [4.69, 9.17) is 4.74 Å². The molecular formula is C28H31FN4O3S. The van der Waals surface area contributed by atoms with Crippen LogP contribution in [0.25, 0.3) is 27.6 Å². The molecule has 1 atom stereocenters. The maximum atomic E-state index is 15.0. The molecule has 3 heterocycles. The average Bonchev–Trinajstić information content (AvgIpc) is 2.92. The molecule has 2 aliphatic rings. The lowest BCUT2D eigenvalue weighted by Crippen LogP contribution is -2.45. The Bertz CT molecular complexity index is 1420. The first kappa shape index (κ1) is 25.7. The van der Waals surface area contributed by atoms with Gasteiger partial charge in [0.1, 0.15) is 11.5 Å². The molecule has 1 N–H and O–H groups in total. The minimum absolute atomic E-state index is 0.248. The quantitative estimate of drug-likeness (QED) is 0.549. The second kappa shape index (κ2) is 10.8. The molecule has 3 aromatic rings. The van der Waals surface area contributed by atoms with Crippen LogP contribution in [-0.4, -0.2) is 70.2 Å². The Labute approximate surface area is 219 Å². The number of benzene rings is 2. The third-order valence-corrected chi connectivity index (χ3v) is 8.65.